The fraction of sp³-hybridized carbons (Fsp3) is 0.350. The third kappa shape index (κ3) is 4.75. The van der Waals surface area contributed by atoms with Gasteiger partial charge in [-0.3, -0.25) is 4.79 Å². The maximum absolute atomic E-state index is 12.3. The zero-order valence-corrected chi connectivity index (χ0v) is 14.9. The number of hydrogen-bond acceptors (Lipinski definition) is 3. The van der Waals surface area contributed by atoms with E-state index in [0.29, 0.717) is 5.75 Å². The molecule has 2 aromatic carbocycles. The molecule has 1 N–H and O–H groups in total. The lowest BCUT2D eigenvalue weighted by atomic mass is 10.2. The molecule has 0 aromatic heterocycles. The van der Waals surface area contributed by atoms with Gasteiger partial charge in [-0.05, 0) is 69.7 Å². The van der Waals surface area contributed by atoms with Crippen LogP contribution >= 0.6 is 0 Å². The maximum atomic E-state index is 12.3. The van der Waals surface area contributed by atoms with Crippen molar-refractivity contribution in [3.8, 4) is 5.75 Å². The fourth-order valence-electron chi connectivity index (χ4n) is 2.53. The fourth-order valence-corrected chi connectivity index (χ4v) is 2.53. The van der Waals surface area contributed by atoms with Gasteiger partial charge >= 0.3 is 0 Å². The van der Waals surface area contributed by atoms with Crippen LogP contribution in [-0.4, -0.2) is 25.1 Å². The Morgan fingerprint density at radius 3 is 2.38 bits per heavy atom. The topological polar surface area (TPSA) is 41.6 Å². The van der Waals surface area contributed by atoms with Gasteiger partial charge in [0.05, 0.1) is 0 Å². The van der Waals surface area contributed by atoms with E-state index in [-0.39, 0.29) is 5.91 Å². The number of carbonyl (C=O) groups excluding carboxylic acids is 1. The highest BCUT2D eigenvalue weighted by Crippen LogP contribution is 2.19. The molecule has 0 radical (unpaired) electrons. The summed E-state index contributed by atoms with van der Waals surface area (Å²) in [6.07, 6.45) is -0.561. The van der Waals surface area contributed by atoms with Gasteiger partial charge < -0.3 is 15.0 Å². The van der Waals surface area contributed by atoms with Crippen LogP contribution in [0.25, 0.3) is 0 Å². The molecule has 2 rings (SSSR count). The average Bonchev–Trinajstić information content (AvgIpc) is 2.57. The molecule has 24 heavy (non-hydrogen) atoms. The number of hydrogen-bond donors (Lipinski definition) is 1. The maximum Gasteiger partial charge on any atom is 0.265 e. The first-order valence-corrected chi connectivity index (χ1v) is 8.42. The van der Waals surface area contributed by atoms with Crippen molar-refractivity contribution in [3.63, 3.8) is 0 Å². The second-order valence-electron chi connectivity index (χ2n) is 5.79. The molecule has 0 heterocycles. The van der Waals surface area contributed by atoms with Gasteiger partial charge in [0.25, 0.3) is 5.91 Å². The normalized spacial score (nSPS) is 11.7. The lowest BCUT2D eigenvalue weighted by molar-refractivity contribution is -0.122. The van der Waals surface area contributed by atoms with Gasteiger partial charge in [-0.15, -0.1) is 0 Å². The van der Waals surface area contributed by atoms with Crippen molar-refractivity contribution in [2.75, 3.05) is 23.3 Å². The SMILES string of the molecule is CCN(CC)c1ccc(NC(=O)[C@@H](C)Oc2cccc(C)c2)cc1. The van der Waals surface area contributed by atoms with Crippen molar-refractivity contribution >= 4 is 17.3 Å². The second kappa shape index (κ2) is 8.39. The molecule has 0 spiro atoms. The average molecular weight is 326 g/mol. The van der Waals surface area contributed by atoms with Gasteiger partial charge in [-0.25, -0.2) is 0 Å². The van der Waals surface area contributed by atoms with E-state index in [1.807, 2.05) is 55.5 Å². The van der Waals surface area contributed by atoms with Gasteiger partial charge in [0.15, 0.2) is 6.10 Å². The van der Waals surface area contributed by atoms with E-state index in [4.69, 9.17) is 4.74 Å². The number of ether oxygens (including phenoxy) is 1. The standard InChI is InChI=1S/C20H26N2O2/c1-5-22(6-2)18-12-10-17(11-13-18)21-20(23)16(4)24-19-9-7-8-15(3)14-19/h7-14,16H,5-6H2,1-4H3,(H,21,23)/t16-/m1/s1. The van der Waals surface area contributed by atoms with Crippen LogP contribution in [0.5, 0.6) is 5.75 Å². The summed E-state index contributed by atoms with van der Waals surface area (Å²) in [6.45, 7) is 9.93. The quantitative estimate of drug-likeness (QED) is 0.827. The molecule has 0 unspecified atom stereocenters. The van der Waals surface area contributed by atoms with Crippen molar-refractivity contribution in [1.29, 1.82) is 0 Å². The summed E-state index contributed by atoms with van der Waals surface area (Å²) in [6, 6.07) is 15.6. The third-order valence-electron chi connectivity index (χ3n) is 3.94. The number of nitrogens with one attached hydrogen (secondary N) is 1. The van der Waals surface area contributed by atoms with Crippen molar-refractivity contribution in [3.05, 3.63) is 54.1 Å². The summed E-state index contributed by atoms with van der Waals surface area (Å²) in [4.78, 5) is 14.5. The van der Waals surface area contributed by atoms with Gasteiger partial charge in [0.2, 0.25) is 0 Å². The number of rotatable bonds is 7. The number of aryl methyl sites for hydroxylation is 1. The molecule has 128 valence electrons. The number of benzene rings is 2. The van der Waals surface area contributed by atoms with Crippen LogP contribution in [0.15, 0.2) is 48.5 Å². The van der Waals surface area contributed by atoms with Crippen molar-refractivity contribution < 1.29 is 9.53 Å². The molecule has 2 aromatic rings. The molecule has 0 aliphatic rings. The predicted molar refractivity (Wildman–Crippen MR) is 99.9 cm³/mol. The minimum Gasteiger partial charge on any atom is -0.481 e. The molecule has 0 aliphatic heterocycles. The summed E-state index contributed by atoms with van der Waals surface area (Å²) in [5.74, 6) is 0.543. The summed E-state index contributed by atoms with van der Waals surface area (Å²) < 4.78 is 5.71. The second-order valence-corrected chi connectivity index (χ2v) is 5.79. The molecule has 1 atom stereocenters. The third-order valence-corrected chi connectivity index (χ3v) is 3.94. The van der Waals surface area contributed by atoms with Crippen molar-refractivity contribution in [2.24, 2.45) is 0 Å². The monoisotopic (exact) mass is 326 g/mol. The van der Waals surface area contributed by atoms with E-state index < -0.39 is 6.10 Å². The van der Waals surface area contributed by atoms with E-state index in [1.165, 1.54) is 0 Å². The molecule has 0 fully saturated rings. The summed E-state index contributed by atoms with van der Waals surface area (Å²) in [5, 5.41) is 2.90. The van der Waals surface area contributed by atoms with E-state index in [0.717, 1.165) is 30.0 Å². The molecule has 0 aliphatic carbocycles. The zero-order valence-electron chi connectivity index (χ0n) is 14.9. The highest BCUT2D eigenvalue weighted by molar-refractivity contribution is 5.94. The zero-order chi connectivity index (χ0) is 17.5. The summed E-state index contributed by atoms with van der Waals surface area (Å²) >= 11 is 0. The lowest BCUT2D eigenvalue weighted by Gasteiger charge is -2.21. The van der Waals surface area contributed by atoms with Gasteiger partial charge in [-0.2, -0.15) is 0 Å². The Hall–Kier alpha value is -2.49. The number of amides is 1. The van der Waals surface area contributed by atoms with E-state index in [1.54, 1.807) is 6.92 Å². The number of nitrogens with zero attached hydrogens (tertiary/aromatic N) is 1. The van der Waals surface area contributed by atoms with Crippen LogP contribution in [0.1, 0.15) is 26.3 Å². The Bertz CT molecular complexity index is 664. The molecular formula is C20H26N2O2. The van der Waals surface area contributed by atoms with Crippen LogP contribution in [0.4, 0.5) is 11.4 Å². The Morgan fingerprint density at radius 1 is 1.12 bits per heavy atom. The summed E-state index contributed by atoms with van der Waals surface area (Å²) in [7, 11) is 0. The molecule has 0 saturated carbocycles. The lowest BCUT2D eigenvalue weighted by Crippen LogP contribution is -2.30. The van der Waals surface area contributed by atoms with E-state index in [2.05, 4.69) is 24.1 Å². The van der Waals surface area contributed by atoms with Gasteiger partial charge in [0.1, 0.15) is 5.75 Å². The molecule has 4 heteroatoms. The van der Waals surface area contributed by atoms with E-state index >= 15 is 0 Å². The molecule has 0 bridgehead atoms. The van der Waals surface area contributed by atoms with Crippen LogP contribution < -0.4 is 15.0 Å². The first-order chi connectivity index (χ1) is 11.5. The van der Waals surface area contributed by atoms with Crippen molar-refractivity contribution in [2.45, 2.75) is 33.8 Å². The van der Waals surface area contributed by atoms with Gasteiger partial charge in [0, 0.05) is 24.5 Å². The molecule has 4 nitrogen and oxygen atoms in total. The Labute approximate surface area is 144 Å². The highest BCUT2D eigenvalue weighted by Gasteiger charge is 2.15. The molecule has 0 saturated heterocycles. The predicted octanol–water partition coefficient (Wildman–Crippen LogP) is 4.25. The first kappa shape index (κ1) is 17.9. The minimum atomic E-state index is -0.561. The largest absolute Gasteiger partial charge is 0.481 e. The highest BCUT2D eigenvalue weighted by atomic mass is 16.5. The Morgan fingerprint density at radius 2 is 1.79 bits per heavy atom. The summed E-state index contributed by atoms with van der Waals surface area (Å²) in [5.41, 5.74) is 3.03. The van der Waals surface area contributed by atoms with Crippen LogP contribution in [0.2, 0.25) is 0 Å². The van der Waals surface area contributed by atoms with Crippen LogP contribution in [0, 0.1) is 6.92 Å². The smallest absolute Gasteiger partial charge is 0.265 e. The number of carbonyl (C=O) groups is 1. The number of anilines is 2. The molecule has 1 amide bonds. The first-order valence-electron chi connectivity index (χ1n) is 8.42. The van der Waals surface area contributed by atoms with Gasteiger partial charge in [-0.1, -0.05) is 12.1 Å². The van der Waals surface area contributed by atoms with Crippen LogP contribution in [0.3, 0.4) is 0 Å². The Kier molecular flexibility index (Phi) is 6.24. The minimum absolute atomic E-state index is 0.160. The van der Waals surface area contributed by atoms with E-state index in [9.17, 15) is 4.79 Å². The molecular weight excluding hydrogens is 300 g/mol. The van der Waals surface area contributed by atoms with Crippen LogP contribution in [-0.2, 0) is 4.79 Å². The Balaban J connectivity index is 1.96. The van der Waals surface area contributed by atoms with Crippen molar-refractivity contribution in [1.82, 2.24) is 0 Å².